The highest BCUT2D eigenvalue weighted by atomic mass is 16.5. The smallest absolute Gasteiger partial charge is 0.166 e. The SMILES string of the molecule is Cc1ccc2c(c1)C(CC(C)C)=CC1c3cc(C)cc(C)c3[C@](C)(OC(C)C(C)C(C)O)N21. The number of nitrogens with zero attached hydrogens (tertiary/aromatic N) is 1. The van der Waals surface area contributed by atoms with Crippen LogP contribution < -0.4 is 4.90 Å². The Hall–Kier alpha value is -2.10. The summed E-state index contributed by atoms with van der Waals surface area (Å²) in [5, 5.41) is 10.3. The molecule has 3 heteroatoms. The van der Waals surface area contributed by atoms with E-state index in [1.54, 1.807) is 0 Å². The van der Waals surface area contributed by atoms with Crippen LogP contribution in [0.25, 0.3) is 5.57 Å². The van der Waals surface area contributed by atoms with Crippen molar-refractivity contribution in [3.05, 3.63) is 69.8 Å². The summed E-state index contributed by atoms with van der Waals surface area (Å²) >= 11 is 0. The van der Waals surface area contributed by atoms with Gasteiger partial charge >= 0.3 is 0 Å². The van der Waals surface area contributed by atoms with Gasteiger partial charge in [0.05, 0.1) is 18.2 Å². The maximum absolute atomic E-state index is 10.3. The van der Waals surface area contributed by atoms with Crippen molar-refractivity contribution < 1.29 is 9.84 Å². The van der Waals surface area contributed by atoms with Crippen LogP contribution in [-0.4, -0.2) is 17.3 Å². The summed E-state index contributed by atoms with van der Waals surface area (Å²) in [6.45, 7) is 19.4. The molecule has 0 aliphatic carbocycles. The van der Waals surface area contributed by atoms with Crippen LogP contribution in [0.2, 0.25) is 0 Å². The van der Waals surface area contributed by atoms with Crippen LogP contribution in [0.5, 0.6) is 0 Å². The number of fused-ring (bicyclic) bond motifs is 5. The van der Waals surface area contributed by atoms with Crippen molar-refractivity contribution in [2.75, 3.05) is 4.90 Å². The minimum atomic E-state index is -0.621. The number of hydrogen-bond donors (Lipinski definition) is 1. The predicted octanol–water partition coefficient (Wildman–Crippen LogP) is 7.21. The van der Waals surface area contributed by atoms with Crippen LogP contribution in [0.1, 0.15) is 87.4 Å². The van der Waals surface area contributed by atoms with Gasteiger partial charge in [-0.1, -0.05) is 56.2 Å². The number of aryl methyl sites for hydroxylation is 3. The Morgan fingerprint density at radius 1 is 1.00 bits per heavy atom. The molecule has 0 aromatic heterocycles. The molecule has 1 N–H and O–H groups in total. The van der Waals surface area contributed by atoms with Crippen LogP contribution >= 0.6 is 0 Å². The summed E-state index contributed by atoms with van der Waals surface area (Å²) in [7, 11) is 0. The van der Waals surface area contributed by atoms with Crippen LogP contribution in [0.3, 0.4) is 0 Å². The first-order valence-corrected chi connectivity index (χ1v) is 12.5. The standard InChI is InChI=1S/C30H41NO2/c1-17(2)12-24-16-28-26-15-19(4)13-20(5)29(26)30(9,33-23(8)21(6)22(7)32)31(28)27-11-10-18(3)14-25(24)27/h10-11,13-17,21-23,28,32H,12H2,1-9H3/t21?,22?,23?,28?,30-/m0/s1. The van der Waals surface area contributed by atoms with Gasteiger partial charge in [0, 0.05) is 22.7 Å². The molecule has 0 fully saturated rings. The van der Waals surface area contributed by atoms with Gasteiger partial charge < -0.3 is 14.7 Å². The maximum Gasteiger partial charge on any atom is 0.166 e. The lowest BCUT2D eigenvalue weighted by Crippen LogP contribution is -2.47. The lowest BCUT2D eigenvalue weighted by Gasteiger charge is -2.45. The van der Waals surface area contributed by atoms with E-state index in [9.17, 15) is 5.11 Å². The highest BCUT2D eigenvalue weighted by molar-refractivity contribution is 5.84. The number of aliphatic hydroxyl groups is 1. The second-order valence-electron chi connectivity index (χ2n) is 11.1. The third-order valence-electron chi connectivity index (χ3n) is 7.69. The quantitative estimate of drug-likeness (QED) is 0.508. The third kappa shape index (κ3) is 4.04. The van der Waals surface area contributed by atoms with Gasteiger partial charge in [-0.05, 0) is 82.7 Å². The van der Waals surface area contributed by atoms with Crippen molar-refractivity contribution in [1.29, 1.82) is 0 Å². The van der Waals surface area contributed by atoms with E-state index in [0.29, 0.717) is 5.92 Å². The molecule has 3 nitrogen and oxygen atoms in total. The molecule has 0 saturated heterocycles. The first kappa shape index (κ1) is 24.0. The molecule has 0 bridgehead atoms. The normalized spacial score (nSPS) is 24.2. The average molecular weight is 448 g/mol. The maximum atomic E-state index is 10.3. The van der Waals surface area contributed by atoms with Crippen molar-refractivity contribution >= 4 is 11.3 Å². The first-order chi connectivity index (χ1) is 15.4. The van der Waals surface area contributed by atoms with Gasteiger partial charge in [0.2, 0.25) is 0 Å². The molecule has 2 heterocycles. The van der Waals surface area contributed by atoms with Crippen molar-refractivity contribution in [2.45, 2.75) is 92.7 Å². The molecule has 4 unspecified atom stereocenters. The predicted molar refractivity (Wildman–Crippen MR) is 138 cm³/mol. The Morgan fingerprint density at radius 2 is 1.70 bits per heavy atom. The summed E-state index contributed by atoms with van der Waals surface area (Å²) in [6.07, 6.45) is 3.02. The average Bonchev–Trinajstić information content (AvgIpc) is 2.95. The summed E-state index contributed by atoms with van der Waals surface area (Å²) in [5.41, 5.74) is 9.85. The molecule has 0 spiro atoms. The molecule has 2 aliphatic heterocycles. The monoisotopic (exact) mass is 447 g/mol. The minimum absolute atomic E-state index is 0.0319. The number of allylic oxidation sites excluding steroid dienone is 1. The van der Waals surface area contributed by atoms with E-state index in [4.69, 9.17) is 4.74 Å². The van der Waals surface area contributed by atoms with Gasteiger partial charge in [0.1, 0.15) is 0 Å². The van der Waals surface area contributed by atoms with Gasteiger partial charge in [-0.2, -0.15) is 0 Å². The van der Waals surface area contributed by atoms with E-state index in [2.05, 4.69) is 96.7 Å². The summed E-state index contributed by atoms with van der Waals surface area (Å²) in [5.74, 6) is 0.621. The Morgan fingerprint density at radius 3 is 2.33 bits per heavy atom. The minimum Gasteiger partial charge on any atom is -0.393 e. The van der Waals surface area contributed by atoms with E-state index in [0.717, 1.165) is 6.42 Å². The largest absolute Gasteiger partial charge is 0.393 e. The van der Waals surface area contributed by atoms with Crippen LogP contribution in [0, 0.1) is 32.6 Å². The number of hydrogen-bond acceptors (Lipinski definition) is 3. The first-order valence-electron chi connectivity index (χ1n) is 12.5. The second-order valence-corrected chi connectivity index (χ2v) is 11.1. The highest BCUT2D eigenvalue weighted by Gasteiger charge is 2.52. The van der Waals surface area contributed by atoms with Crippen molar-refractivity contribution in [3.8, 4) is 0 Å². The zero-order valence-corrected chi connectivity index (χ0v) is 21.9. The molecule has 0 radical (unpaired) electrons. The Bertz CT molecular complexity index is 1080. The zero-order valence-electron chi connectivity index (χ0n) is 21.9. The van der Waals surface area contributed by atoms with E-state index in [1.165, 1.54) is 44.6 Å². The van der Waals surface area contributed by atoms with Gasteiger partial charge in [-0.15, -0.1) is 0 Å². The summed E-state index contributed by atoms with van der Waals surface area (Å²) in [6, 6.07) is 11.6. The Kier molecular flexibility index (Phi) is 6.26. The molecule has 0 amide bonds. The number of benzene rings is 2. The molecule has 178 valence electrons. The topological polar surface area (TPSA) is 32.7 Å². The number of aliphatic hydroxyl groups excluding tert-OH is 1. The zero-order chi connectivity index (χ0) is 24.2. The van der Waals surface area contributed by atoms with Crippen molar-refractivity contribution in [3.63, 3.8) is 0 Å². The Labute approximate surface area is 200 Å². The highest BCUT2D eigenvalue weighted by Crippen LogP contribution is 2.56. The molecule has 2 aromatic carbocycles. The lowest BCUT2D eigenvalue weighted by molar-refractivity contribution is -0.114. The van der Waals surface area contributed by atoms with Crippen LogP contribution in [0.15, 0.2) is 36.4 Å². The molecule has 2 aliphatic rings. The molecule has 0 saturated carbocycles. The fraction of sp³-hybridized carbons (Fsp3) is 0.533. The van der Waals surface area contributed by atoms with Crippen LogP contribution in [0.4, 0.5) is 5.69 Å². The molecule has 5 atom stereocenters. The summed E-state index contributed by atoms with van der Waals surface area (Å²) < 4.78 is 6.98. The fourth-order valence-electron chi connectivity index (χ4n) is 5.93. The molecular formula is C30H41NO2. The van der Waals surface area contributed by atoms with Gasteiger partial charge in [-0.25, -0.2) is 0 Å². The van der Waals surface area contributed by atoms with E-state index in [-0.39, 0.29) is 18.1 Å². The molecule has 33 heavy (non-hydrogen) atoms. The van der Waals surface area contributed by atoms with Crippen LogP contribution in [-0.2, 0) is 10.5 Å². The third-order valence-corrected chi connectivity index (χ3v) is 7.69. The van der Waals surface area contributed by atoms with Gasteiger partial charge in [0.25, 0.3) is 0 Å². The number of anilines is 1. The molecule has 2 aromatic rings. The van der Waals surface area contributed by atoms with E-state index < -0.39 is 11.8 Å². The molecular weight excluding hydrogens is 406 g/mol. The fourth-order valence-corrected chi connectivity index (χ4v) is 5.93. The van der Waals surface area contributed by atoms with Gasteiger partial charge in [0.15, 0.2) is 5.72 Å². The second kappa shape index (κ2) is 8.60. The van der Waals surface area contributed by atoms with Crippen molar-refractivity contribution in [1.82, 2.24) is 0 Å². The van der Waals surface area contributed by atoms with Gasteiger partial charge in [-0.3, -0.25) is 0 Å². The number of ether oxygens (including phenoxy) is 1. The lowest BCUT2D eigenvalue weighted by atomic mass is 9.87. The molecule has 4 rings (SSSR count). The summed E-state index contributed by atoms with van der Waals surface area (Å²) in [4.78, 5) is 2.49. The van der Waals surface area contributed by atoms with Crippen molar-refractivity contribution in [2.24, 2.45) is 11.8 Å². The van der Waals surface area contributed by atoms with E-state index >= 15 is 0 Å². The number of rotatable bonds is 6. The Balaban J connectivity index is 1.94. The van der Waals surface area contributed by atoms with E-state index in [1.807, 2.05) is 6.92 Å².